The van der Waals surface area contributed by atoms with Crippen molar-refractivity contribution in [2.75, 3.05) is 5.32 Å². The van der Waals surface area contributed by atoms with E-state index in [4.69, 9.17) is 4.84 Å². The number of hydrogen-bond acceptors (Lipinski definition) is 9. The van der Waals surface area contributed by atoms with E-state index in [-0.39, 0.29) is 22.0 Å². The Hall–Kier alpha value is -2.37. The number of carbonyl (C=O) groups is 1. The maximum atomic E-state index is 12.8. The molecule has 1 amide bonds. The van der Waals surface area contributed by atoms with Gasteiger partial charge in [0.15, 0.2) is 15.5 Å². The summed E-state index contributed by atoms with van der Waals surface area (Å²) in [6, 6.07) is 6.07. The first-order valence-corrected chi connectivity index (χ1v) is 12.0. The molecule has 1 heterocycles. The molecule has 0 radical (unpaired) electrons. The molecule has 160 valence electrons. The Morgan fingerprint density at radius 1 is 1.23 bits per heavy atom. The molecular formula is C19H22N4O5S2. The molecule has 9 nitrogen and oxygen atoms in total. The average Bonchev–Trinajstić information content (AvgIpc) is 3.39. The third kappa shape index (κ3) is 4.68. The van der Waals surface area contributed by atoms with Crippen LogP contribution in [0.4, 0.5) is 5.13 Å². The van der Waals surface area contributed by atoms with Gasteiger partial charge in [0.1, 0.15) is 11.9 Å². The number of aryl methyl sites for hydroxylation is 1. The summed E-state index contributed by atoms with van der Waals surface area (Å²) in [5.74, 6) is 0.00196. The lowest BCUT2D eigenvalue weighted by atomic mass is 10.1. The Morgan fingerprint density at radius 3 is 2.53 bits per heavy atom. The van der Waals surface area contributed by atoms with Gasteiger partial charge in [0, 0.05) is 23.5 Å². The summed E-state index contributed by atoms with van der Waals surface area (Å²) in [6.45, 7) is 1.72. The molecule has 2 aliphatic carbocycles. The normalized spacial score (nSPS) is 22.1. The summed E-state index contributed by atoms with van der Waals surface area (Å²) in [4.78, 5) is 22.7. The predicted octanol–water partition coefficient (Wildman–Crippen LogP) is 2.06. The highest BCUT2D eigenvalue weighted by Gasteiger charge is 2.36. The van der Waals surface area contributed by atoms with Crippen LogP contribution >= 0.6 is 11.5 Å². The molecule has 4 rings (SSSR count). The van der Waals surface area contributed by atoms with E-state index in [0.29, 0.717) is 48.6 Å². The number of aliphatic hydroxyl groups is 1. The van der Waals surface area contributed by atoms with Crippen LogP contribution in [0.15, 0.2) is 34.3 Å². The summed E-state index contributed by atoms with van der Waals surface area (Å²) in [5, 5.41) is 16.4. The first-order chi connectivity index (χ1) is 14.3. The Kier molecular flexibility index (Phi) is 5.85. The van der Waals surface area contributed by atoms with Crippen LogP contribution < -0.4 is 5.32 Å². The largest absolute Gasteiger partial charge is 0.393 e. The fourth-order valence-electron chi connectivity index (χ4n) is 3.24. The third-order valence-corrected chi connectivity index (χ3v) is 8.03. The van der Waals surface area contributed by atoms with E-state index in [2.05, 4.69) is 19.8 Å². The molecule has 30 heavy (non-hydrogen) atoms. The van der Waals surface area contributed by atoms with E-state index in [0.717, 1.165) is 11.5 Å². The molecule has 0 bridgehead atoms. The van der Waals surface area contributed by atoms with E-state index >= 15 is 0 Å². The van der Waals surface area contributed by atoms with Crippen molar-refractivity contribution in [1.82, 2.24) is 9.36 Å². The number of hydrogen-bond donors (Lipinski definition) is 2. The van der Waals surface area contributed by atoms with Gasteiger partial charge in [0.05, 0.1) is 16.2 Å². The lowest BCUT2D eigenvalue weighted by Gasteiger charge is -2.11. The van der Waals surface area contributed by atoms with Crippen LogP contribution in [0.1, 0.15) is 43.5 Å². The van der Waals surface area contributed by atoms with Crippen molar-refractivity contribution in [3.8, 4) is 0 Å². The summed E-state index contributed by atoms with van der Waals surface area (Å²) >= 11 is 1.05. The molecule has 0 aliphatic heterocycles. The number of rotatable bonds is 7. The van der Waals surface area contributed by atoms with E-state index in [1.54, 1.807) is 19.1 Å². The van der Waals surface area contributed by atoms with E-state index in [1.165, 1.54) is 12.1 Å². The van der Waals surface area contributed by atoms with E-state index in [9.17, 15) is 18.3 Å². The van der Waals surface area contributed by atoms with Crippen molar-refractivity contribution in [2.24, 2.45) is 5.16 Å². The fourth-order valence-corrected chi connectivity index (χ4v) is 5.47. The fraction of sp³-hybridized carbons (Fsp3) is 0.474. The predicted molar refractivity (Wildman–Crippen MR) is 111 cm³/mol. The second-order valence-corrected chi connectivity index (χ2v) is 10.5. The van der Waals surface area contributed by atoms with Crippen LogP contribution in [0.5, 0.6) is 0 Å². The number of aliphatic hydroxyl groups excluding tert-OH is 1. The molecule has 1 aromatic heterocycles. The van der Waals surface area contributed by atoms with Crippen LogP contribution in [0, 0.1) is 6.92 Å². The summed E-state index contributed by atoms with van der Waals surface area (Å²) in [5.41, 5.74) is 0.418. The first kappa shape index (κ1) is 20.9. The van der Waals surface area contributed by atoms with Crippen molar-refractivity contribution in [3.05, 3.63) is 35.7 Å². The number of oxime groups is 1. The molecule has 2 aliphatic rings. The van der Waals surface area contributed by atoms with Crippen molar-refractivity contribution < 1.29 is 23.2 Å². The van der Waals surface area contributed by atoms with Crippen LogP contribution in [-0.2, 0) is 19.5 Å². The number of nitrogens with one attached hydrogen (secondary N) is 1. The Morgan fingerprint density at radius 2 is 1.97 bits per heavy atom. The van der Waals surface area contributed by atoms with Gasteiger partial charge < -0.3 is 9.94 Å². The second-order valence-electron chi connectivity index (χ2n) is 7.50. The van der Waals surface area contributed by atoms with Gasteiger partial charge in [0.2, 0.25) is 5.13 Å². The monoisotopic (exact) mass is 450 g/mol. The quantitative estimate of drug-likeness (QED) is 0.487. The van der Waals surface area contributed by atoms with E-state index in [1.807, 2.05) is 0 Å². The highest BCUT2D eigenvalue weighted by Crippen LogP contribution is 2.33. The molecule has 1 aromatic carbocycles. The van der Waals surface area contributed by atoms with Gasteiger partial charge in [0.25, 0.3) is 5.91 Å². The van der Waals surface area contributed by atoms with Gasteiger partial charge in [-0.2, -0.15) is 4.37 Å². The zero-order valence-electron chi connectivity index (χ0n) is 16.3. The Bertz CT molecular complexity index is 1060. The molecule has 0 spiro atoms. The van der Waals surface area contributed by atoms with Gasteiger partial charge >= 0.3 is 0 Å². The maximum absolute atomic E-state index is 12.8. The van der Waals surface area contributed by atoms with Crippen molar-refractivity contribution in [3.63, 3.8) is 0 Å². The molecular weight excluding hydrogens is 428 g/mol. The topological polar surface area (TPSA) is 131 Å². The van der Waals surface area contributed by atoms with Crippen molar-refractivity contribution >= 4 is 38.1 Å². The molecule has 2 saturated carbocycles. The SMILES string of the molecule is Cc1nsc(NC(=O)/C(=N/O[C@@H]2CC[C@@H](O)C2)c2ccc(S(=O)(=O)C3CC3)cc2)n1. The van der Waals surface area contributed by atoms with Crippen molar-refractivity contribution in [2.45, 2.75) is 61.4 Å². The summed E-state index contributed by atoms with van der Waals surface area (Å²) in [7, 11) is -3.32. The smallest absolute Gasteiger partial charge is 0.280 e. The van der Waals surface area contributed by atoms with Gasteiger partial charge in [-0.3, -0.25) is 10.1 Å². The Balaban J connectivity index is 1.58. The third-order valence-electron chi connectivity index (χ3n) is 5.03. The van der Waals surface area contributed by atoms with Gasteiger partial charge in [-0.25, -0.2) is 13.4 Å². The number of amides is 1. The summed E-state index contributed by atoms with van der Waals surface area (Å²) in [6.07, 6.45) is 2.38. The lowest BCUT2D eigenvalue weighted by molar-refractivity contribution is -0.110. The molecule has 0 unspecified atom stereocenters. The molecule has 2 N–H and O–H groups in total. The minimum atomic E-state index is -3.32. The number of anilines is 1. The number of sulfone groups is 1. The molecule has 0 saturated heterocycles. The first-order valence-electron chi connectivity index (χ1n) is 9.71. The average molecular weight is 451 g/mol. The van der Waals surface area contributed by atoms with Crippen molar-refractivity contribution in [1.29, 1.82) is 0 Å². The number of carbonyl (C=O) groups excluding carboxylic acids is 1. The lowest BCUT2D eigenvalue weighted by Crippen LogP contribution is -2.25. The number of benzene rings is 1. The van der Waals surface area contributed by atoms with Crippen LogP contribution in [0.25, 0.3) is 0 Å². The van der Waals surface area contributed by atoms with Crippen LogP contribution in [0.3, 0.4) is 0 Å². The highest BCUT2D eigenvalue weighted by atomic mass is 32.2. The maximum Gasteiger partial charge on any atom is 0.280 e. The minimum absolute atomic E-state index is 0.000359. The van der Waals surface area contributed by atoms with Crippen LogP contribution in [0.2, 0.25) is 0 Å². The Labute approximate surface area is 178 Å². The van der Waals surface area contributed by atoms with Crippen LogP contribution in [-0.4, -0.2) is 52.0 Å². The highest BCUT2D eigenvalue weighted by molar-refractivity contribution is 7.92. The standard InChI is InChI=1S/C19H22N4O5S2/c1-11-20-19(29-23-11)21-18(25)17(22-28-14-5-4-13(24)10-14)12-2-6-15(7-3-12)30(26,27)16-8-9-16/h2-3,6-7,13-14,16,24H,4-5,8-10H2,1H3,(H,20,21,23,25)/b22-17+/t13-,14-/m1/s1. The van der Waals surface area contributed by atoms with E-state index < -0.39 is 21.8 Å². The minimum Gasteiger partial charge on any atom is -0.393 e. The second kappa shape index (κ2) is 8.40. The van der Waals surface area contributed by atoms with Gasteiger partial charge in [-0.1, -0.05) is 17.3 Å². The summed E-state index contributed by atoms with van der Waals surface area (Å²) < 4.78 is 28.9. The molecule has 2 aromatic rings. The van der Waals surface area contributed by atoms with Gasteiger partial charge in [-0.05, 0) is 44.7 Å². The number of nitrogens with zero attached hydrogens (tertiary/aromatic N) is 3. The van der Waals surface area contributed by atoms with Gasteiger partial charge in [-0.15, -0.1) is 0 Å². The molecule has 2 fully saturated rings. The zero-order chi connectivity index (χ0) is 21.3. The number of aromatic nitrogens is 2. The zero-order valence-corrected chi connectivity index (χ0v) is 17.9. The molecule has 2 atom stereocenters. The molecule has 11 heteroatoms.